The standard InChI is InChI=1S/C10H13F3N2S/c1-9(14,10(11,12)13)7-5-16-8(15-7)6-3-2-4-6/h5-6H,2-4,14H2,1H3. The molecule has 0 spiro atoms. The summed E-state index contributed by atoms with van der Waals surface area (Å²) in [7, 11) is 0. The van der Waals surface area contributed by atoms with Crippen LogP contribution in [0.4, 0.5) is 13.2 Å². The first-order chi connectivity index (χ1) is 7.32. The topological polar surface area (TPSA) is 38.9 Å². The van der Waals surface area contributed by atoms with Gasteiger partial charge in [0.25, 0.3) is 0 Å². The number of aromatic nitrogens is 1. The number of halogens is 3. The third kappa shape index (κ3) is 1.84. The summed E-state index contributed by atoms with van der Waals surface area (Å²) in [5.41, 5.74) is 2.90. The molecule has 1 aromatic heterocycles. The number of hydrogen-bond donors (Lipinski definition) is 1. The lowest BCUT2D eigenvalue weighted by atomic mass is 9.86. The monoisotopic (exact) mass is 250 g/mol. The third-order valence-corrected chi connectivity index (χ3v) is 4.10. The Bertz CT molecular complexity index is 380. The maximum Gasteiger partial charge on any atom is 0.411 e. The lowest BCUT2D eigenvalue weighted by Crippen LogP contribution is -2.48. The van der Waals surface area contributed by atoms with Gasteiger partial charge in [0.15, 0.2) is 5.54 Å². The average molecular weight is 250 g/mol. The smallest absolute Gasteiger partial charge is 0.313 e. The van der Waals surface area contributed by atoms with Crippen molar-refractivity contribution >= 4 is 11.3 Å². The van der Waals surface area contributed by atoms with E-state index in [1.165, 1.54) is 16.7 Å². The third-order valence-electron chi connectivity index (χ3n) is 3.10. The van der Waals surface area contributed by atoms with Crippen molar-refractivity contribution in [3.8, 4) is 0 Å². The zero-order chi connectivity index (χ0) is 12.0. The summed E-state index contributed by atoms with van der Waals surface area (Å²) < 4.78 is 38.0. The highest BCUT2D eigenvalue weighted by atomic mass is 32.1. The normalized spacial score (nSPS) is 21.6. The van der Waals surface area contributed by atoms with E-state index < -0.39 is 11.7 Å². The number of nitrogens with zero attached hydrogens (tertiary/aromatic N) is 1. The largest absolute Gasteiger partial charge is 0.411 e. The van der Waals surface area contributed by atoms with E-state index in [9.17, 15) is 13.2 Å². The molecule has 1 aromatic rings. The summed E-state index contributed by atoms with van der Waals surface area (Å²) in [5, 5.41) is 2.23. The summed E-state index contributed by atoms with van der Waals surface area (Å²) in [6, 6.07) is 0. The van der Waals surface area contributed by atoms with E-state index in [1.54, 1.807) is 0 Å². The van der Waals surface area contributed by atoms with Gasteiger partial charge in [0.1, 0.15) is 0 Å². The Kier molecular flexibility index (Phi) is 2.74. The molecule has 6 heteroatoms. The van der Waals surface area contributed by atoms with Crippen LogP contribution >= 0.6 is 11.3 Å². The molecule has 90 valence electrons. The lowest BCUT2D eigenvalue weighted by molar-refractivity contribution is -0.185. The molecule has 1 atom stereocenters. The summed E-state index contributed by atoms with van der Waals surface area (Å²) >= 11 is 1.29. The van der Waals surface area contributed by atoms with Gasteiger partial charge in [-0.05, 0) is 19.8 Å². The van der Waals surface area contributed by atoms with E-state index in [1.807, 2.05) is 0 Å². The van der Waals surface area contributed by atoms with E-state index in [0.29, 0.717) is 5.92 Å². The molecule has 0 radical (unpaired) electrons. The Hall–Kier alpha value is -0.620. The van der Waals surface area contributed by atoms with Crippen LogP contribution in [0.15, 0.2) is 5.38 Å². The quantitative estimate of drug-likeness (QED) is 0.875. The first kappa shape index (κ1) is 11.9. The van der Waals surface area contributed by atoms with Crippen molar-refractivity contribution in [2.45, 2.75) is 43.8 Å². The minimum Gasteiger partial charge on any atom is -0.313 e. The van der Waals surface area contributed by atoms with Gasteiger partial charge < -0.3 is 5.73 Å². The molecular weight excluding hydrogens is 237 g/mol. The van der Waals surface area contributed by atoms with Crippen molar-refractivity contribution in [3.05, 3.63) is 16.1 Å². The molecule has 1 heterocycles. The van der Waals surface area contributed by atoms with E-state index >= 15 is 0 Å². The SMILES string of the molecule is CC(N)(c1csc(C2CCC2)n1)C(F)(F)F. The molecule has 0 aliphatic heterocycles. The fourth-order valence-electron chi connectivity index (χ4n) is 1.51. The van der Waals surface area contributed by atoms with Crippen LogP contribution < -0.4 is 5.73 Å². The summed E-state index contributed by atoms with van der Waals surface area (Å²) in [5.74, 6) is 0.350. The fourth-order valence-corrected chi connectivity index (χ4v) is 2.62. The number of hydrogen-bond acceptors (Lipinski definition) is 3. The van der Waals surface area contributed by atoms with Gasteiger partial charge in [-0.1, -0.05) is 6.42 Å². The molecule has 0 bridgehead atoms. The Labute approximate surface area is 95.7 Å². The van der Waals surface area contributed by atoms with Crippen LogP contribution in [0.3, 0.4) is 0 Å². The van der Waals surface area contributed by atoms with Crippen LogP contribution in [0, 0.1) is 0 Å². The van der Waals surface area contributed by atoms with Crippen LogP contribution in [-0.4, -0.2) is 11.2 Å². The number of nitrogens with two attached hydrogens (primary N) is 1. The maximum atomic E-state index is 12.7. The molecule has 1 aliphatic carbocycles. The summed E-state index contributed by atoms with van der Waals surface area (Å²) in [6.07, 6.45) is -1.27. The van der Waals surface area contributed by atoms with Crippen molar-refractivity contribution in [2.75, 3.05) is 0 Å². The second-order valence-electron chi connectivity index (χ2n) is 4.40. The summed E-state index contributed by atoms with van der Waals surface area (Å²) in [4.78, 5) is 4.04. The highest BCUT2D eigenvalue weighted by Gasteiger charge is 2.51. The number of rotatable bonds is 2. The molecule has 1 unspecified atom stereocenters. The Balaban J connectivity index is 2.23. The molecule has 0 amide bonds. The van der Waals surface area contributed by atoms with Crippen LogP contribution in [0.2, 0.25) is 0 Å². The zero-order valence-corrected chi connectivity index (χ0v) is 9.66. The minimum atomic E-state index is -4.46. The lowest BCUT2D eigenvalue weighted by Gasteiger charge is -2.26. The zero-order valence-electron chi connectivity index (χ0n) is 8.84. The van der Waals surface area contributed by atoms with E-state index in [2.05, 4.69) is 4.98 Å². The molecule has 0 aromatic carbocycles. The fraction of sp³-hybridized carbons (Fsp3) is 0.700. The van der Waals surface area contributed by atoms with E-state index in [-0.39, 0.29) is 5.69 Å². The average Bonchev–Trinajstić information content (AvgIpc) is 2.47. The van der Waals surface area contributed by atoms with Gasteiger partial charge in [-0.25, -0.2) is 4.98 Å². The van der Waals surface area contributed by atoms with Crippen LogP contribution in [0.1, 0.15) is 42.8 Å². The van der Waals surface area contributed by atoms with Crippen molar-refractivity contribution in [1.29, 1.82) is 0 Å². The first-order valence-corrected chi connectivity index (χ1v) is 6.02. The molecule has 16 heavy (non-hydrogen) atoms. The number of alkyl halides is 3. The molecule has 1 saturated carbocycles. The second kappa shape index (κ2) is 3.70. The van der Waals surface area contributed by atoms with E-state index in [4.69, 9.17) is 5.73 Å². The van der Waals surface area contributed by atoms with Crippen LogP contribution in [-0.2, 0) is 5.54 Å². The first-order valence-electron chi connectivity index (χ1n) is 5.14. The van der Waals surface area contributed by atoms with Crippen molar-refractivity contribution in [1.82, 2.24) is 4.98 Å². The molecule has 0 saturated heterocycles. The predicted molar refractivity (Wildman–Crippen MR) is 56.3 cm³/mol. The van der Waals surface area contributed by atoms with Gasteiger partial charge >= 0.3 is 6.18 Å². The number of thiazole rings is 1. The van der Waals surface area contributed by atoms with Crippen molar-refractivity contribution < 1.29 is 13.2 Å². The van der Waals surface area contributed by atoms with E-state index in [0.717, 1.165) is 31.2 Å². The van der Waals surface area contributed by atoms with Gasteiger partial charge in [0, 0.05) is 11.3 Å². The van der Waals surface area contributed by atoms with Crippen molar-refractivity contribution in [3.63, 3.8) is 0 Å². The molecule has 1 aliphatic rings. The predicted octanol–water partition coefficient (Wildman–Crippen LogP) is 3.15. The molecule has 1 fully saturated rings. The van der Waals surface area contributed by atoms with Crippen molar-refractivity contribution in [2.24, 2.45) is 5.73 Å². The molecular formula is C10H13F3N2S. The molecule has 2 N–H and O–H groups in total. The van der Waals surface area contributed by atoms with Gasteiger partial charge in [0.05, 0.1) is 10.7 Å². The summed E-state index contributed by atoms with van der Waals surface area (Å²) in [6.45, 7) is 0.965. The highest BCUT2D eigenvalue weighted by Crippen LogP contribution is 2.41. The maximum absolute atomic E-state index is 12.7. The Morgan fingerprint density at radius 1 is 1.44 bits per heavy atom. The Morgan fingerprint density at radius 3 is 2.50 bits per heavy atom. The molecule has 2 nitrogen and oxygen atoms in total. The minimum absolute atomic E-state index is 0.0631. The van der Waals surface area contributed by atoms with Crippen LogP contribution in [0.5, 0.6) is 0 Å². The highest BCUT2D eigenvalue weighted by molar-refractivity contribution is 7.09. The van der Waals surface area contributed by atoms with Gasteiger partial charge in [0.2, 0.25) is 0 Å². The van der Waals surface area contributed by atoms with Crippen LogP contribution in [0.25, 0.3) is 0 Å². The Morgan fingerprint density at radius 2 is 2.06 bits per heavy atom. The second-order valence-corrected chi connectivity index (χ2v) is 5.29. The van der Waals surface area contributed by atoms with Gasteiger partial charge in [-0.2, -0.15) is 13.2 Å². The van der Waals surface area contributed by atoms with Gasteiger partial charge in [-0.3, -0.25) is 0 Å². The van der Waals surface area contributed by atoms with Gasteiger partial charge in [-0.15, -0.1) is 11.3 Å². The molecule has 2 rings (SSSR count).